The van der Waals surface area contributed by atoms with E-state index in [9.17, 15) is 28.9 Å². The van der Waals surface area contributed by atoms with Crippen LogP contribution in [-0.4, -0.2) is 39.1 Å². The number of amides is 1. The lowest BCUT2D eigenvalue weighted by Gasteiger charge is -2.10. The van der Waals surface area contributed by atoms with E-state index in [2.05, 4.69) is 15.3 Å². The van der Waals surface area contributed by atoms with Crippen molar-refractivity contribution in [1.29, 1.82) is 0 Å². The number of nitro benzene ring substituents is 1. The van der Waals surface area contributed by atoms with Gasteiger partial charge in [-0.05, 0) is 26.0 Å². The number of aromatic amines is 1. The Morgan fingerprint density at radius 3 is 2.79 bits per heavy atom. The number of rotatable bonds is 7. The first-order valence-electron chi connectivity index (χ1n) is 7.87. The summed E-state index contributed by atoms with van der Waals surface area (Å²) in [7, 11) is 0. The van der Waals surface area contributed by atoms with Crippen LogP contribution in [0.4, 0.5) is 15.8 Å². The van der Waals surface area contributed by atoms with Crippen LogP contribution in [0.1, 0.15) is 23.0 Å². The molecule has 0 atom stereocenters. The molecule has 10 nitrogen and oxygen atoms in total. The highest BCUT2D eigenvalue weighted by Crippen LogP contribution is 2.24. The van der Waals surface area contributed by atoms with Gasteiger partial charge >= 0.3 is 17.3 Å². The summed E-state index contributed by atoms with van der Waals surface area (Å²) >= 11 is 0.819. The fraction of sp³-hybridized carbons (Fsp3) is 0.250. The lowest BCUT2D eigenvalue weighted by atomic mass is 10.2. The number of anilines is 1. The second kappa shape index (κ2) is 9.08. The summed E-state index contributed by atoms with van der Waals surface area (Å²) < 4.78 is 18.3. The van der Waals surface area contributed by atoms with E-state index < -0.39 is 34.0 Å². The lowest BCUT2D eigenvalue weighted by molar-refractivity contribution is -0.387. The van der Waals surface area contributed by atoms with E-state index in [1.807, 2.05) is 0 Å². The van der Waals surface area contributed by atoms with Crippen LogP contribution in [-0.2, 0) is 9.53 Å². The standard InChI is InChI=1S/C16H15FN4O6S/c1-3-27-15(23)13-8(2)18-16(24)20-14(13)28-7-12(22)19-9-4-5-10(17)11(6-9)21(25)26/h4-6H,3,7H2,1-2H3,(H,19,22)(H,18,20,24). The van der Waals surface area contributed by atoms with Gasteiger partial charge in [0.1, 0.15) is 10.6 Å². The zero-order chi connectivity index (χ0) is 20.8. The van der Waals surface area contributed by atoms with Gasteiger partial charge in [-0.3, -0.25) is 14.9 Å². The minimum atomic E-state index is -1.03. The van der Waals surface area contributed by atoms with Crippen molar-refractivity contribution >= 4 is 35.0 Å². The van der Waals surface area contributed by atoms with E-state index in [-0.39, 0.29) is 34.3 Å². The molecule has 0 bridgehead atoms. The second-order valence-corrected chi connectivity index (χ2v) is 6.29. The Labute approximate surface area is 161 Å². The Hall–Kier alpha value is -3.28. The van der Waals surface area contributed by atoms with Crippen molar-refractivity contribution in [3.05, 3.63) is 55.9 Å². The summed E-state index contributed by atoms with van der Waals surface area (Å²) in [6.45, 7) is 3.23. The Morgan fingerprint density at radius 1 is 1.43 bits per heavy atom. The highest BCUT2D eigenvalue weighted by atomic mass is 32.2. The molecule has 0 aliphatic rings. The number of nitro groups is 1. The van der Waals surface area contributed by atoms with Crippen molar-refractivity contribution in [2.45, 2.75) is 18.9 Å². The van der Waals surface area contributed by atoms with Gasteiger partial charge in [-0.1, -0.05) is 11.8 Å². The molecule has 0 spiro atoms. The maximum atomic E-state index is 13.3. The molecule has 0 aliphatic heterocycles. The number of hydrogen-bond acceptors (Lipinski definition) is 8. The molecular formula is C16H15FN4O6S. The van der Waals surface area contributed by atoms with Crippen LogP contribution in [0.2, 0.25) is 0 Å². The molecule has 0 radical (unpaired) electrons. The lowest BCUT2D eigenvalue weighted by Crippen LogP contribution is -2.21. The molecule has 0 aliphatic carbocycles. The molecule has 0 saturated heterocycles. The summed E-state index contributed by atoms with van der Waals surface area (Å²) in [6.07, 6.45) is 0. The molecule has 0 unspecified atom stereocenters. The number of aryl methyl sites for hydroxylation is 1. The average Bonchev–Trinajstić information content (AvgIpc) is 2.61. The number of benzene rings is 1. The number of ether oxygens (including phenoxy) is 1. The topological polar surface area (TPSA) is 144 Å². The minimum absolute atomic E-state index is 0.0138. The van der Waals surface area contributed by atoms with E-state index in [0.717, 1.165) is 23.9 Å². The van der Waals surface area contributed by atoms with E-state index in [4.69, 9.17) is 4.74 Å². The predicted molar refractivity (Wildman–Crippen MR) is 98.0 cm³/mol. The van der Waals surface area contributed by atoms with E-state index >= 15 is 0 Å². The van der Waals surface area contributed by atoms with Gasteiger partial charge in [-0.25, -0.2) is 9.59 Å². The van der Waals surface area contributed by atoms with Gasteiger partial charge in [0.25, 0.3) is 0 Å². The fourth-order valence-electron chi connectivity index (χ4n) is 2.17. The Morgan fingerprint density at radius 2 is 2.14 bits per heavy atom. The molecule has 0 saturated carbocycles. The monoisotopic (exact) mass is 410 g/mol. The van der Waals surface area contributed by atoms with Crippen LogP contribution >= 0.6 is 11.8 Å². The zero-order valence-electron chi connectivity index (χ0n) is 14.8. The van der Waals surface area contributed by atoms with Gasteiger partial charge in [0.05, 0.1) is 17.3 Å². The van der Waals surface area contributed by atoms with Crippen LogP contribution < -0.4 is 11.0 Å². The average molecular weight is 410 g/mol. The third-order valence-corrected chi connectivity index (χ3v) is 4.31. The molecule has 1 aromatic carbocycles. The molecule has 2 N–H and O–H groups in total. The first-order chi connectivity index (χ1) is 13.2. The number of nitrogens with one attached hydrogen (secondary N) is 2. The molecule has 12 heteroatoms. The van der Waals surface area contributed by atoms with Crippen molar-refractivity contribution < 1.29 is 23.6 Å². The van der Waals surface area contributed by atoms with Crippen LogP contribution in [0.15, 0.2) is 28.0 Å². The van der Waals surface area contributed by atoms with Gasteiger partial charge in [0.2, 0.25) is 11.7 Å². The van der Waals surface area contributed by atoms with Gasteiger partial charge < -0.3 is 15.0 Å². The molecule has 2 aromatic rings. The number of thioether (sulfide) groups is 1. The molecule has 1 heterocycles. The Bertz CT molecular complexity index is 994. The highest BCUT2D eigenvalue weighted by Gasteiger charge is 2.20. The molecule has 1 amide bonds. The number of aromatic nitrogens is 2. The number of esters is 1. The predicted octanol–water partition coefficient (Wildman–Crippen LogP) is 2.03. The van der Waals surface area contributed by atoms with Crippen LogP contribution in [0.25, 0.3) is 0 Å². The van der Waals surface area contributed by atoms with Crippen molar-refractivity contribution in [3.8, 4) is 0 Å². The fourth-order valence-corrected chi connectivity index (χ4v) is 3.04. The molecule has 1 aromatic heterocycles. The van der Waals surface area contributed by atoms with Crippen molar-refractivity contribution in [3.63, 3.8) is 0 Å². The maximum absolute atomic E-state index is 13.3. The summed E-state index contributed by atoms with van der Waals surface area (Å²) in [5.41, 5.74) is -1.16. The summed E-state index contributed by atoms with van der Waals surface area (Å²) in [4.78, 5) is 51.7. The summed E-state index contributed by atoms with van der Waals surface area (Å²) in [5, 5.41) is 13.1. The number of H-pyrrole nitrogens is 1. The van der Waals surface area contributed by atoms with Gasteiger partial charge in [-0.2, -0.15) is 9.37 Å². The highest BCUT2D eigenvalue weighted by molar-refractivity contribution is 8.00. The smallest absolute Gasteiger partial charge is 0.346 e. The SMILES string of the molecule is CCOC(=O)c1c(SCC(=O)Nc2ccc(F)c([N+](=O)[O-])c2)nc(=O)[nH]c1C. The van der Waals surface area contributed by atoms with Crippen molar-refractivity contribution in [2.75, 3.05) is 17.7 Å². The van der Waals surface area contributed by atoms with Gasteiger partial charge in [0, 0.05) is 17.4 Å². The quantitative estimate of drug-likeness (QED) is 0.232. The molecule has 0 fully saturated rings. The molecule has 2 rings (SSSR count). The second-order valence-electron chi connectivity index (χ2n) is 5.33. The first-order valence-corrected chi connectivity index (χ1v) is 8.86. The van der Waals surface area contributed by atoms with E-state index in [0.29, 0.717) is 0 Å². The third-order valence-electron chi connectivity index (χ3n) is 3.33. The summed E-state index contributed by atoms with van der Waals surface area (Å²) in [6, 6.07) is 2.92. The molecule has 148 valence electrons. The number of carbonyl (C=O) groups excluding carboxylic acids is 2. The number of halogens is 1. The van der Waals surface area contributed by atoms with E-state index in [1.54, 1.807) is 6.92 Å². The first kappa shape index (κ1) is 21.0. The van der Waals surface area contributed by atoms with E-state index in [1.165, 1.54) is 13.0 Å². The minimum Gasteiger partial charge on any atom is -0.462 e. The third kappa shape index (κ3) is 5.13. The largest absolute Gasteiger partial charge is 0.462 e. The number of hydrogen-bond donors (Lipinski definition) is 2. The Balaban J connectivity index is 2.15. The number of nitrogens with zero attached hydrogens (tertiary/aromatic N) is 2. The van der Waals surface area contributed by atoms with Crippen molar-refractivity contribution in [1.82, 2.24) is 9.97 Å². The van der Waals surface area contributed by atoms with Gasteiger partial charge in [0.15, 0.2) is 0 Å². The van der Waals surface area contributed by atoms with Crippen molar-refractivity contribution in [2.24, 2.45) is 0 Å². The van der Waals surface area contributed by atoms with Crippen LogP contribution in [0.5, 0.6) is 0 Å². The zero-order valence-corrected chi connectivity index (χ0v) is 15.6. The van der Waals surface area contributed by atoms with Crippen LogP contribution in [0.3, 0.4) is 0 Å². The Kier molecular flexibility index (Phi) is 6.82. The van der Waals surface area contributed by atoms with Gasteiger partial charge in [-0.15, -0.1) is 0 Å². The summed E-state index contributed by atoms with van der Waals surface area (Å²) in [5.74, 6) is -2.58. The van der Waals surface area contributed by atoms with Crippen LogP contribution in [0, 0.1) is 22.9 Å². The molecular weight excluding hydrogens is 395 g/mol. The normalized spacial score (nSPS) is 10.4. The number of carbonyl (C=O) groups is 2. The maximum Gasteiger partial charge on any atom is 0.346 e. The molecule has 28 heavy (non-hydrogen) atoms.